The Morgan fingerprint density at radius 1 is 1.15 bits per heavy atom. The van der Waals surface area contributed by atoms with Crippen LogP contribution >= 0.6 is 0 Å². The van der Waals surface area contributed by atoms with Gasteiger partial charge in [0, 0.05) is 35.9 Å². The SMILES string of the molecule is O=C(NCC#Cc1ccc2nccc(OCC3CCCOC3)c2c1)c1cccn(Cc2ccc(F)c(F)c2)c1=O. The Labute approximate surface area is 229 Å². The highest BCUT2D eigenvalue weighted by atomic mass is 19.2. The molecule has 0 aliphatic carbocycles. The molecule has 204 valence electrons. The molecule has 1 aliphatic heterocycles. The zero-order chi connectivity index (χ0) is 27.9. The summed E-state index contributed by atoms with van der Waals surface area (Å²) in [6.45, 7) is 2.10. The number of halogens is 2. The Kier molecular flexibility index (Phi) is 8.47. The Morgan fingerprint density at radius 3 is 2.88 bits per heavy atom. The third kappa shape index (κ3) is 6.53. The number of amides is 1. The molecule has 0 saturated carbocycles. The van der Waals surface area contributed by atoms with Crippen LogP contribution in [0.1, 0.15) is 34.3 Å². The van der Waals surface area contributed by atoms with E-state index in [1.54, 1.807) is 12.3 Å². The van der Waals surface area contributed by atoms with Gasteiger partial charge in [-0.2, -0.15) is 0 Å². The van der Waals surface area contributed by atoms with Crippen LogP contribution in [0.15, 0.2) is 71.8 Å². The normalized spacial score (nSPS) is 14.8. The van der Waals surface area contributed by atoms with Gasteiger partial charge < -0.3 is 19.4 Å². The van der Waals surface area contributed by atoms with Crippen molar-refractivity contribution >= 4 is 16.8 Å². The largest absolute Gasteiger partial charge is 0.492 e. The number of carbonyl (C=O) groups is 1. The highest BCUT2D eigenvalue weighted by Crippen LogP contribution is 2.26. The first-order valence-corrected chi connectivity index (χ1v) is 13.0. The fourth-order valence-corrected chi connectivity index (χ4v) is 4.51. The first kappa shape index (κ1) is 27.0. The molecule has 1 amide bonds. The summed E-state index contributed by atoms with van der Waals surface area (Å²) in [5, 5.41) is 3.49. The quantitative estimate of drug-likeness (QED) is 0.352. The van der Waals surface area contributed by atoms with Crippen molar-refractivity contribution in [1.82, 2.24) is 14.9 Å². The van der Waals surface area contributed by atoms with Crippen molar-refractivity contribution in [1.29, 1.82) is 0 Å². The molecule has 3 heterocycles. The number of fused-ring (bicyclic) bond motifs is 1. The molecule has 2 aromatic carbocycles. The lowest BCUT2D eigenvalue weighted by Crippen LogP contribution is -2.33. The van der Waals surface area contributed by atoms with E-state index in [1.165, 1.54) is 22.9 Å². The lowest BCUT2D eigenvalue weighted by Gasteiger charge is -2.22. The van der Waals surface area contributed by atoms with Crippen LogP contribution in [-0.4, -0.2) is 41.8 Å². The molecule has 1 aliphatic rings. The third-order valence-electron chi connectivity index (χ3n) is 6.60. The number of hydrogen-bond donors (Lipinski definition) is 1. The highest BCUT2D eigenvalue weighted by molar-refractivity contribution is 5.94. The van der Waals surface area contributed by atoms with Gasteiger partial charge in [0.15, 0.2) is 11.6 Å². The number of rotatable bonds is 7. The van der Waals surface area contributed by atoms with E-state index in [-0.39, 0.29) is 18.7 Å². The zero-order valence-corrected chi connectivity index (χ0v) is 21.7. The maximum absolute atomic E-state index is 13.5. The van der Waals surface area contributed by atoms with Crippen LogP contribution in [0.3, 0.4) is 0 Å². The van der Waals surface area contributed by atoms with Crippen molar-refractivity contribution in [3.63, 3.8) is 0 Å². The minimum atomic E-state index is -1.00. The molecule has 4 aromatic rings. The monoisotopic (exact) mass is 543 g/mol. The summed E-state index contributed by atoms with van der Waals surface area (Å²) in [6, 6.07) is 13.8. The van der Waals surface area contributed by atoms with Crippen LogP contribution in [0.5, 0.6) is 5.75 Å². The summed E-state index contributed by atoms with van der Waals surface area (Å²) < 4.78 is 39.6. The molecule has 40 heavy (non-hydrogen) atoms. The Bertz CT molecular complexity index is 1650. The minimum Gasteiger partial charge on any atom is -0.492 e. The van der Waals surface area contributed by atoms with Gasteiger partial charge in [-0.1, -0.05) is 17.9 Å². The number of pyridine rings is 2. The summed E-state index contributed by atoms with van der Waals surface area (Å²) in [5.41, 5.74) is 1.29. The first-order chi connectivity index (χ1) is 19.5. The number of carbonyl (C=O) groups excluding carboxylic acids is 1. The molecule has 0 spiro atoms. The van der Waals surface area contributed by atoms with Crippen molar-refractivity contribution in [2.45, 2.75) is 19.4 Å². The molecule has 5 rings (SSSR count). The lowest BCUT2D eigenvalue weighted by molar-refractivity contribution is 0.0354. The number of benzene rings is 2. The van der Waals surface area contributed by atoms with E-state index in [0.717, 1.165) is 53.8 Å². The fourth-order valence-electron chi connectivity index (χ4n) is 4.51. The van der Waals surface area contributed by atoms with Crippen LogP contribution < -0.4 is 15.6 Å². The van der Waals surface area contributed by atoms with Crippen molar-refractivity contribution in [2.24, 2.45) is 5.92 Å². The Balaban J connectivity index is 1.23. The molecule has 1 saturated heterocycles. The summed E-state index contributed by atoms with van der Waals surface area (Å²) in [5.74, 6) is 4.49. The van der Waals surface area contributed by atoms with E-state index >= 15 is 0 Å². The minimum absolute atomic E-state index is 0.00604. The Hall–Kier alpha value is -4.55. The van der Waals surface area contributed by atoms with Crippen LogP contribution in [0.4, 0.5) is 8.78 Å². The first-order valence-electron chi connectivity index (χ1n) is 13.0. The third-order valence-corrected chi connectivity index (χ3v) is 6.60. The maximum Gasteiger partial charge on any atom is 0.263 e. The van der Waals surface area contributed by atoms with E-state index in [2.05, 4.69) is 22.1 Å². The number of aromatic nitrogens is 2. The number of nitrogens with one attached hydrogen (secondary N) is 1. The predicted octanol–water partition coefficient (Wildman–Crippen LogP) is 4.31. The molecule has 1 atom stereocenters. The second-order valence-electron chi connectivity index (χ2n) is 9.52. The van der Waals surface area contributed by atoms with E-state index < -0.39 is 23.1 Å². The van der Waals surface area contributed by atoms with E-state index in [0.29, 0.717) is 24.7 Å². The van der Waals surface area contributed by atoms with Gasteiger partial charge in [-0.15, -0.1) is 0 Å². The molecule has 2 aromatic heterocycles. The fraction of sp³-hybridized carbons (Fsp3) is 0.258. The van der Waals surface area contributed by atoms with Gasteiger partial charge >= 0.3 is 0 Å². The van der Waals surface area contributed by atoms with E-state index in [9.17, 15) is 18.4 Å². The number of ether oxygens (including phenoxy) is 2. The predicted molar refractivity (Wildman–Crippen MR) is 146 cm³/mol. The summed E-state index contributed by atoms with van der Waals surface area (Å²) >= 11 is 0. The number of hydrogen-bond acceptors (Lipinski definition) is 5. The van der Waals surface area contributed by atoms with Crippen LogP contribution in [0, 0.1) is 29.4 Å². The van der Waals surface area contributed by atoms with Crippen LogP contribution in [-0.2, 0) is 11.3 Å². The van der Waals surface area contributed by atoms with Crippen molar-refractivity contribution < 1.29 is 23.0 Å². The molecular weight excluding hydrogens is 516 g/mol. The molecule has 9 heteroatoms. The van der Waals surface area contributed by atoms with Gasteiger partial charge in [0.25, 0.3) is 11.5 Å². The van der Waals surface area contributed by atoms with E-state index in [4.69, 9.17) is 9.47 Å². The lowest BCUT2D eigenvalue weighted by atomic mass is 10.0. The Morgan fingerprint density at radius 2 is 2.05 bits per heavy atom. The second-order valence-corrected chi connectivity index (χ2v) is 9.52. The summed E-state index contributed by atoms with van der Waals surface area (Å²) in [7, 11) is 0. The van der Waals surface area contributed by atoms with Gasteiger partial charge in [-0.25, -0.2) is 8.78 Å². The van der Waals surface area contributed by atoms with Gasteiger partial charge in [0.2, 0.25) is 0 Å². The highest BCUT2D eigenvalue weighted by Gasteiger charge is 2.16. The molecule has 0 radical (unpaired) electrons. The average Bonchev–Trinajstić information content (AvgIpc) is 2.97. The molecule has 1 fully saturated rings. The summed E-state index contributed by atoms with van der Waals surface area (Å²) in [6.07, 6.45) is 5.32. The smallest absolute Gasteiger partial charge is 0.263 e. The van der Waals surface area contributed by atoms with Gasteiger partial charge in [-0.3, -0.25) is 14.6 Å². The molecule has 0 bridgehead atoms. The molecule has 7 nitrogen and oxygen atoms in total. The van der Waals surface area contributed by atoms with Crippen molar-refractivity contribution in [3.05, 3.63) is 106 Å². The molecule has 1 N–H and O–H groups in total. The standard InChI is InChI=1S/C31H27F2N3O4/c32-26-9-7-22(17-27(26)33)18-36-14-2-6-24(31(36)38)30(37)35-12-1-4-21-8-10-28-25(16-21)29(11-13-34-28)40-20-23-5-3-15-39-19-23/h2,6-11,13-14,16-17,23H,3,5,12,15,18-20H2,(H,35,37). The van der Waals surface area contributed by atoms with Crippen LogP contribution in [0.2, 0.25) is 0 Å². The van der Waals surface area contributed by atoms with Crippen LogP contribution in [0.25, 0.3) is 10.9 Å². The van der Waals surface area contributed by atoms with Crippen molar-refractivity contribution in [3.8, 4) is 17.6 Å². The molecule has 1 unspecified atom stereocenters. The average molecular weight is 544 g/mol. The topological polar surface area (TPSA) is 82.4 Å². The van der Waals surface area contributed by atoms with Gasteiger partial charge in [-0.05, 0) is 66.9 Å². The summed E-state index contributed by atoms with van der Waals surface area (Å²) in [4.78, 5) is 29.9. The number of nitrogens with zero attached hydrogens (tertiary/aromatic N) is 2. The van der Waals surface area contributed by atoms with E-state index in [1.807, 2.05) is 24.3 Å². The maximum atomic E-state index is 13.5. The van der Waals surface area contributed by atoms with Gasteiger partial charge in [0.05, 0.1) is 31.8 Å². The van der Waals surface area contributed by atoms with Crippen molar-refractivity contribution in [2.75, 3.05) is 26.4 Å². The second kappa shape index (κ2) is 12.5. The molecular formula is C31H27F2N3O4. The zero-order valence-electron chi connectivity index (χ0n) is 21.7. The van der Waals surface area contributed by atoms with Gasteiger partial charge in [0.1, 0.15) is 11.3 Å².